The van der Waals surface area contributed by atoms with Crippen molar-refractivity contribution in [1.29, 1.82) is 0 Å². The van der Waals surface area contributed by atoms with Crippen LogP contribution in [0.1, 0.15) is 5.56 Å². The van der Waals surface area contributed by atoms with Crippen LogP contribution in [0.3, 0.4) is 0 Å². The molecule has 0 fully saturated rings. The first-order valence-corrected chi connectivity index (χ1v) is 7.39. The highest BCUT2D eigenvalue weighted by molar-refractivity contribution is 7.92. The highest BCUT2D eigenvalue weighted by Crippen LogP contribution is 2.12. The summed E-state index contributed by atoms with van der Waals surface area (Å²) >= 11 is 0. The van der Waals surface area contributed by atoms with E-state index in [0.29, 0.717) is 11.3 Å². The van der Waals surface area contributed by atoms with E-state index in [9.17, 15) is 8.42 Å². The summed E-state index contributed by atoms with van der Waals surface area (Å²) < 4.78 is 24.5. The fourth-order valence-electron chi connectivity index (χ4n) is 1.72. The van der Waals surface area contributed by atoms with Crippen LogP contribution in [0.25, 0.3) is 0 Å². The molecule has 0 aliphatic heterocycles. The van der Waals surface area contributed by atoms with E-state index in [4.69, 9.17) is 5.84 Å². The molecule has 0 atom stereocenters. The van der Waals surface area contributed by atoms with Crippen molar-refractivity contribution in [3.8, 4) is 0 Å². The van der Waals surface area contributed by atoms with E-state index in [1.54, 1.807) is 42.5 Å². The van der Waals surface area contributed by atoms with Crippen LogP contribution >= 0.6 is 0 Å². The van der Waals surface area contributed by atoms with Crippen LogP contribution in [0, 0.1) is 0 Å². The molecule has 0 unspecified atom stereocenters. The van der Waals surface area contributed by atoms with Gasteiger partial charge in [-0.2, -0.15) is 5.10 Å². The summed E-state index contributed by atoms with van der Waals surface area (Å²) in [6.45, 7) is 0. The maximum atomic E-state index is 12.2. The first-order chi connectivity index (χ1) is 9.13. The largest absolute Gasteiger partial charge is 0.323 e. The molecule has 2 rings (SSSR count). The standard InChI is InChI=1S/C14H14N2O2S/c15-16-14(12-7-3-1-4-8-12)11-19(17,18)13-9-5-2-6-10-13/h1-10H,11,15H2/b16-14-. The van der Waals surface area contributed by atoms with Gasteiger partial charge in [-0.1, -0.05) is 48.5 Å². The van der Waals surface area contributed by atoms with E-state index < -0.39 is 9.84 Å². The molecule has 0 bridgehead atoms. The van der Waals surface area contributed by atoms with Crippen molar-refractivity contribution >= 4 is 15.5 Å². The molecule has 5 heteroatoms. The predicted molar refractivity (Wildman–Crippen MR) is 75.7 cm³/mol. The fourth-order valence-corrected chi connectivity index (χ4v) is 3.06. The highest BCUT2D eigenvalue weighted by atomic mass is 32.2. The Bertz CT molecular complexity index is 665. The lowest BCUT2D eigenvalue weighted by Gasteiger charge is -2.07. The van der Waals surface area contributed by atoms with E-state index in [1.807, 2.05) is 18.2 Å². The van der Waals surface area contributed by atoms with Gasteiger partial charge in [-0.25, -0.2) is 8.42 Å². The quantitative estimate of drug-likeness (QED) is 0.525. The van der Waals surface area contributed by atoms with Crippen molar-refractivity contribution in [3.63, 3.8) is 0 Å². The lowest BCUT2D eigenvalue weighted by Crippen LogP contribution is -2.18. The molecule has 0 saturated carbocycles. The maximum Gasteiger partial charge on any atom is 0.184 e. The first-order valence-electron chi connectivity index (χ1n) is 5.73. The number of benzene rings is 2. The van der Waals surface area contributed by atoms with Crippen LogP contribution in [-0.2, 0) is 9.84 Å². The van der Waals surface area contributed by atoms with Gasteiger partial charge in [0.2, 0.25) is 0 Å². The Balaban J connectivity index is 2.30. The van der Waals surface area contributed by atoms with Crippen LogP contribution in [0.4, 0.5) is 0 Å². The fraction of sp³-hybridized carbons (Fsp3) is 0.0714. The van der Waals surface area contributed by atoms with Crippen molar-refractivity contribution in [2.75, 3.05) is 5.75 Å². The van der Waals surface area contributed by atoms with Crippen LogP contribution < -0.4 is 5.84 Å². The van der Waals surface area contributed by atoms with Gasteiger partial charge in [-0.3, -0.25) is 0 Å². The van der Waals surface area contributed by atoms with Crippen LogP contribution in [0.15, 0.2) is 70.7 Å². The van der Waals surface area contributed by atoms with Gasteiger partial charge in [-0.15, -0.1) is 0 Å². The molecule has 0 aromatic heterocycles. The van der Waals surface area contributed by atoms with E-state index >= 15 is 0 Å². The van der Waals surface area contributed by atoms with Gasteiger partial charge in [0, 0.05) is 0 Å². The lowest BCUT2D eigenvalue weighted by molar-refractivity contribution is 0.600. The molecule has 0 saturated heterocycles. The van der Waals surface area contributed by atoms with Crippen LogP contribution in [-0.4, -0.2) is 19.9 Å². The molecule has 0 spiro atoms. The summed E-state index contributed by atoms with van der Waals surface area (Å²) in [5.74, 6) is 5.10. The molecule has 0 radical (unpaired) electrons. The topological polar surface area (TPSA) is 72.5 Å². The van der Waals surface area contributed by atoms with Crippen molar-refractivity contribution in [1.82, 2.24) is 0 Å². The molecule has 4 nitrogen and oxygen atoms in total. The molecular weight excluding hydrogens is 260 g/mol. The smallest absolute Gasteiger partial charge is 0.184 e. The molecule has 2 aromatic carbocycles. The second-order valence-electron chi connectivity index (χ2n) is 4.01. The zero-order chi connectivity index (χ0) is 13.7. The molecular formula is C14H14N2O2S. The summed E-state index contributed by atoms with van der Waals surface area (Å²) in [5, 5.41) is 3.61. The number of rotatable bonds is 4. The van der Waals surface area contributed by atoms with Crippen molar-refractivity contribution in [3.05, 3.63) is 66.2 Å². The zero-order valence-corrected chi connectivity index (χ0v) is 11.0. The number of hydrazone groups is 1. The lowest BCUT2D eigenvalue weighted by atomic mass is 10.1. The minimum atomic E-state index is -3.43. The summed E-state index contributed by atoms with van der Waals surface area (Å²) in [6, 6.07) is 17.3. The number of hydrogen-bond acceptors (Lipinski definition) is 4. The monoisotopic (exact) mass is 274 g/mol. The third kappa shape index (κ3) is 3.20. The highest BCUT2D eigenvalue weighted by Gasteiger charge is 2.18. The minimum Gasteiger partial charge on any atom is -0.323 e. The summed E-state index contributed by atoms with van der Waals surface area (Å²) in [4.78, 5) is 0.270. The van der Waals surface area contributed by atoms with E-state index in [1.165, 1.54) is 0 Å². The number of nitrogens with two attached hydrogens (primary N) is 1. The zero-order valence-electron chi connectivity index (χ0n) is 10.2. The number of nitrogens with zero attached hydrogens (tertiary/aromatic N) is 1. The second kappa shape index (κ2) is 5.67. The number of hydrogen-bond donors (Lipinski definition) is 1. The van der Waals surface area contributed by atoms with Crippen molar-refractivity contribution in [2.45, 2.75) is 4.90 Å². The van der Waals surface area contributed by atoms with E-state index in [2.05, 4.69) is 5.10 Å². The van der Waals surface area contributed by atoms with Crippen LogP contribution in [0.2, 0.25) is 0 Å². The Labute approximate surface area is 112 Å². The summed E-state index contributed by atoms with van der Waals surface area (Å²) in [5.41, 5.74) is 1.06. The predicted octanol–water partition coefficient (Wildman–Crippen LogP) is 1.82. The van der Waals surface area contributed by atoms with Gasteiger partial charge in [-0.05, 0) is 17.7 Å². The van der Waals surface area contributed by atoms with Gasteiger partial charge in [0.15, 0.2) is 9.84 Å². The van der Waals surface area contributed by atoms with Gasteiger partial charge in [0.05, 0.1) is 16.4 Å². The molecule has 19 heavy (non-hydrogen) atoms. The van der Waals surface area contributed by atoms with E-state index in [-0.39, 0.29) is 10.6 Å². The maximum absolute atomic E-state index is 12.2. The van der Waals surface area contributed by atoms with Crippen molar-refractivity contribution < 1.29 is 8.42 Å². The molecule has 2 aromatic rings. The van der Waals surface area contributed by atoms with Gasteiger partial charge < -0.3 is 5.84 Å². The van der Waals surface area contributed by atoms with Crippen LogP contribution in [0.5, 0.6) is 0 Å². The SMILES string of the molecule is N/N=C(/CS(=O)(=O)c1ccccc1)c1ccccc1. The molecule has 98 valence electrons. The first kappa shape index (κ1) is 13.3. The van der Waals surface area contributed by atoms with Crippen molar-refractivity contribution in [2.24, 2.45) is 10.9 Å². The van der Waals surface area contributed by atoms with Gasteiger partial charge >= 0.3 is 0 Å². The Morgan fingerprint density at radius 1 is 0.947 bits per heavy atom. The van der Waals surface area contributed by atoms with Gasteiger partial charge in [0.1, 0.15) is 0 Å². The molecule has 0 aliphatic rings. The molecule has 0 aliphatic carbocycles. The minimum absolute atomic E-state index is 0.211. The Morgan fingerprint density at radius 3 is 2.00 bits per heavy atom. The summed E-state index contributed by atoms with van der Waals surface area (Å²) in [6.07, 6.45) is 0. The molecule has 0 heterocycles. The number of sulfone groups is 1. The van der Waals surface area contributed by atoms with Gasteiger partial charge in [0.25, 0.3) is 0 Å². The second-order valence-corrected chi connectivity index (χ2v) is 6.00. The Morgan fingerprint density at radius 2 is 1.47 bits per heavy atom. The summed E-state index contributed by atoms with van der Waals surface area (Å²) in [7, 11) is -3.43. The third-order valence-corrected chi connectivity index (χ3v) is 4.34. The normalized spacial score (nSPS) is 12.3. The average molecular weight is 274 g/mol. The molecule has 2 N–H and O–H groups in total. The third-order valence-electron chi connectivity index (χ3n) is 2.69. The average Bonchev–Trinajstić information content (AvgIpc) is 2.47. The Hall–Kier alpha value is -2.14. The Kier molecular flexibility index (Phi) is 3.97. The molecule has 0 amide bonds. The van der Waals surface area contributed by atoms with E-state index in [0.717, 1.165) is 0 Å².